The van der Waals surface area contributed by atoms with Crippen LogP contribution in [0.3, 0.4) is 0 Å². The van der Waals surface area contributed by atoms with Crippen molar-refractivity contribution in [2.45, 2.75) is 32.4 Å². The van der Waals surface area contributed by atoms with Crippen molar-refractivity contribution in [2.75, 3.05) is 6.54 Å². The van der Waals surface area contributed by atoms with Crippen molar-refractivity contribution < 1.29 is 4.74 Å². The summed E-state index contributed by atoms with van der Waals surface area (Å²) in [7, 11) is 0. The first kappa shape index (κ1) is 11.1. The smallest absolute Gasteiger partial charge is 0.185 e. The monoisotopic (exact) mass is 218 g/mol. The van der Waals surface area contributed by atoms with Crippen LogP contribution in [0.5, 0.6) is 0 Å². The number of nitrogens with zero attached hydrogens (tertiary/aromatic N) is 1. The fourth-order valence-electron chi connectivity index (χ4n) is 1.86. The molecule has 0 aromatic heterocycles. The largest absolute Gasteiger partial charge is 0.471 e. The lowest BCUT2D eigenvalue weighted by molar-refractivity contribution is 0.222. The molecule has 1 aliphatic rings. The molecule has 2 unspecified atom stereocenters. The maximum absolute atomic E-state index is 5.78. The lowest BCUT2D eigenvalue weighted by Gasteiger charge is -2.13. The fourth-order valence-corrected chi connectivity index (χ4v) is 1.86. The van der Waals surface area contributed by atoms with Gasteiger partial charge in [0.15, 0.2) is 5.90 Å². The molecule has 1 heterocycles. The summed E-state index contributed by atoms with van der Waals surface area (Å²) in [5, 5.41) is 0. The number of hydrogen-bond donors (Lipinski definition) is 1. The van der Waals surface area contributed by atoms with Gasteiger partial charge in [-0.2, -0.15) is 0 Å². The summed E-state index contributed by atoms with van der Waals surface area (Å²) in [5.41, 5.74) is 8.17. The van der Waals surface area contributed by atoms with Gasteiger partial charge in [0, 0.05) is 12.5 Å². The minimum absolute atomic E-state index is 0.0775. The molecule has 1 aromatic rings. The predicted octanol–water partition coefficient (Wildman–Crippen LogP) is 2.20. The topological polar surface area (TPSA) is 47.6 Å². The van der Waals surface area contributed by atoms with Gasteiger partial charge in [-0.25, -0.2) is 0 Å². The molecule has 0 fully saturated rings. The molecule has 0 amide bonds. The molecule has 1 aliphatic heterocycles. The average molecular weight is 218 g/mol. The number of nitrogens with two attached hydrogens (primary N) is 1. The molecule has 0 radical (unpaired) electrons. The Morgan fingerprint density at radius 3 is 3.06 bits per heavy atom. The first-order valence-electron chi connectivity index (χ1n) is 5.67. The molecule has 3 heteroatoms. The Morgan fingerprint density at radius 1 is 1.56 bits per heavy atom. The lowest BCUT2D eigenvalue weighted by Crippen LogP contribution is -2.20. The second-order valence-electron chi connectivity index (χ2n) is 4.44. The summed E-state index contributed by atoms with van der Waals surface area (Å²) < 4.78 is 5.78. The van der Waals surface area contributed by atoms with Crippen LogP contribution in [-0.4, -0.2) is 18.5 Å². The minimum atomic E-state index is 0.0775. The van der Waals surface area contributed by atoms with Gasteiger partial charge < -0.3 is 10.5 Å². The Kier molecular flexibility index (Phi) is 3.25. The standard InChI is InChI=1S/C13H18N2O/c1-9-4-3-5-11(6-9)12-8-15-13(16-12)7-10(2)14/h3-6,10,12H,7-8,14H2,1-2H3. The quantitative estimate of drug-likeness (QED) is 0.845. The summed E-state index contributed by atoms with van der Waals surface area (Å²) >= 11 is 0. The highest BCUT2D eigenvalue weighted by Gasteiger charge is 2.21. The summed E-state index contributed by atoms with van der Waals surface area (Å²) in [6.45, 7) is 4.76. The van der Waals surface area contributed by atoms with Gasteiger partial charge >= 0.3 is 0 Å². The Balaban J connectivity index is 2.01. The van der Waals surface area contributed by atoms with E-state index in [0.29, 0.717) is 6.54 Å². The van der Waals surface area contributed by atoms with Gasteiger partial charge in [-0.3, -0.25) is 4.99 Å². The van der Waals surface area contributed by atoms with E-state index in [-0.39, 0.29) is 12.1 Å². The summed E-state index contributed by atoms with van der Waals surface area (Å²) in [5.74, 6) is 0.793. The molecular formula is C13H18N2O. The van der Waals surface area contributed by atoms with Crippen molar-refractivity contribution in [1.82, 2.24) is 0 Å². The van der Waals surface area contributed by atoms with Crippen LogP contribution in [0.25, 0.3) is 0 Å². The maximum atomic E-state index is 5.78. The van der Waals surface area contributed by atoms with Crippen molar-refractivity contribution >= 4 is 5.90 Å². The van der Waals surface area contributed by atoms with Gasteiger partial charge in [0.1, 0.15) is 6.10 Å². The Labute approximate surface area is 96.3 Å². The molecule has 2 N–H and O–H groups in total. The number of hydrogen-bond acceptors (Lipinski definition) is 3. The van der Waals surface area contributed by atoms with Crippen LogP contribution in [-0.2, 0) is 4.74 Å². The first-order chi connectivity index (χ1) is 7.65. The second kappa shape index (κ2) is 4.66. The number of rotatable bonds is 3. The molecule has 0 saturated carbocycles. The van der Waals surface area contributed by atoms with Crippen molar-refractivity contribution in [3.63, 3.8) is 0 Å². The van der Waals surface area contributed by atoms with Crippen LogP contribution in [0, 0.1) is 6.92 Å². The molecule has 0 spiro atoms. The predicted molar refractivity (Wildman–Crippen MR) is 65.6 cm³/mol. The summed E-state index contributed by atoms with van der Waals surface area (Å²) in [4.78, 5) is 4.38. The Bertz CT molecular complexity index is 399. The number of ether oxygens (including phenoxy) is 1. The third-order valence-electron chi connectivity index (χ3n) is 2.62. The molecule has 0 aliphatic carbocycles. The zero-order chi connectivity index (χ0) is 11.5. The zero-order valence-corrected chi connectivity index (χ0v) is 9.81. The van der Waals surface area contributed by atoms with Gasteiger partial charge in [-0.05, 0) is 19.4 Å². The Morgan fingerprint density at radius 2 is 2.38 bits per heavy atom. The lowest BCUT2D eigenvalue weighted by atomic mass is 10.1. The van der Waals surface area contributed by atoms with E-state index in [0.717, 1.165) is 12.3 Å². The Hall–Kier alpha value is -1.35. The van der Waals surface area contributed by atoms with Gasteiger partial charge in [0.05, 0.1) is 6.54 Å². The van der Waals surface area contributed by atoms with E-state index in [1.165, 1.54) is 11.1 Å². The van der Waals surface area contributed by atoms with Crippen LogP contribution in [0.2, 0.25) is 0 Å². The van der Waals surface area contributed by atoms with Gasteiger partial charge in [0.2, 0.25) is 0 Å². The van der Waals surface area contributed by atoms with Crippen LogP contribution in [0.1, 0.15) is 30.6 Å². The first-order valence-corrected chi connectivity index (χ1v) is 5.67. The van der Waals surface area contributed by atoms with Crippen molar-refractivity contribution in [1.29, 1.82) is 0 Å². The van der Waals surface area contributed by atoms with Gasteiger partial charge in [-0.15, -0.1) is 0 Å². The normalized spacial score (nSPS) is 21.4. The molecular weight excluding hydrogens is 200 g/mol. The van der Waals surface area contributed by atoms with Crippen molar-refractivity contribution in [3.8, 4) is 0 Å². The van der Waals surface area contributed by atoms with E-state index < -0.39 is 0 Å². The molecule has 16 heavy (non-hydrogen) atoms. The van der Waals surface area contributed by atoms with Crippen molar-refractivity contribution in [3.05, 3.63) is 35.4 Å². The van der Waals surface area contributed by atoms with E-state index in [4.69, 9.17) is 10.5 Å². The summed E-state index contributed by atoms with van der Waals surface area (Å²) in [6.07, 6.45) is 0.802. The molecule has 0 bridgehead atoms. The van der Waals surface area contributed by atoms with E-state index >= 15 is 0 Å². The number of benzene rings is 1. The molecule has 1 aromatic carbocycles. The highest BCUT2D eigenvalue weighted by Crippen LogP contribution is 2.24. The summed E-state index contributed by atoms with van der Waals surface area (Å²) in [6, 6.07) is 8.48. The third-order valence-corrected chi connectivity index (χ3v) is 2.62. The van der Waals surface area contributed by atoms with E-state index in [2.05, 4.69) is 36.2 Å². The molecule has 2 atom stereocenters. The van der Waals surface area contributed by atoms with E-state index in [1.54, 1.807) is 0 Å². The van der Waals surface area contributed by atoms with E-state index in [1.807, 2.05) is 6.92 Å². The molecule has 86 valence electrons. The van der Waals surface area contributed by atoms with Crippen LogP contribution in [0.4, 0.5) is 0 Å². The van der Waals surface area contributed by atoms with Crippen molar-refractivity contribution in [2.24, 2.45) is 10.7 Å². The molecule has 2 rings (SSSR count). The maximum Gasteiger partial charge on any atom is 0.185 e. The SMILES string of the molecule is Cc1cccc(C2CN=C(CC(C)N)O2)c1. The van der Waals surface area contributed by atoms with Crippen LogP contribution >= 0.6 is 0 Å². The number of aliphatic imine (C=N–C) groups is 1. The highest BCUT2D eigenvalue weighted by atomic mass is 16.5. The zero-order valence-electron chi connectivity index (χ0n) is 9.81. The molecule has 3 nitrogen and oxygen atoms in total. The number of aryl methyl sites for hydroxylation is 1. The second-order valence-corrected chi connectivity index (χ2v) is 4.44. The van der Waals surface area contributed by atoms with E-state index in [9.17, 15) is 0 Å². The third kappa shape index (κ3) is 2.61. The molecule has 0 saturated heterocycles. The van der Waals surface area contributed by atoms with Crippen LogP contribution in [0.15, 0.2) is 29.3 Å². The fraction of sp³-hybridized carbons (Fsp3) is 0.462. The van der Waals surface area contributed by atoms with Gasteiger partial charge in [-0.1, -0.05) is 29.8 Å². The highest BCUT2D eigenvalue weighted by molar-refractivity contribution is 5.78. The average Bonchev–Trinajstić information content (AvgIpc) is 2.65. The van der Waals surface area contributed by atoms with Gasteiger partial charge in [0.25, 0.3) is 0 Å². The van der Waals surface area contributed by atoms with Crippen LogP contribution < -0.4 is 5.73 Å². The minimum Gasteiger partial charge on any atom is -0.471 e.